The van der Waals surface area contributed by atoms with Crippen molar-refractivity contribution in [1.82, 2.24) is 15.5 Å². The van der Waals surface area contributed by atoms with E-state index in [1.807, 2.05) is 56.1 Å². The number of carbonyl (C=O) groups is 1. The molecule has 24 heavy (non-hydrogen) atoms. The van der Waals surface area contributed by atoms with E-state index in [0.29, 0.717) is 19.0 Å². The first kappa shape index (κ1) is 17.8. The Hall–Kier alpha value is -2.50. The lowest BCUT2D eigenvalue weighted by atomic mass is 9.92. The summed E-state index contributed by atoms with van der Waals surface area (Å²) >= 11 is 0. The topological polar surface area (TPSA) is 69.9 Å². The van der Waals surface area contributed by atoms with Crippen LogP contribution in [-0.2, 0) is 11.3 Å². The van der Waals surface area contributed by atoms with Gasteiger partial charge < -0.3 is 20.0 Å². The molecule has 6 nitrogen and oxygen atoms in total. The smallest absolute Gasteiger partial charge is 0.227 e. The molecule has 1 aromatic heterocycles. The molecular weight excluding hydrogens is 304 g/mol. The number of rotatable bonds is 5. The Morgan fingerprint density at radius 3 is 2.67 bits per heavy atom. The van der Waals surface area contributed by atoms with Crippen molar-refractivity contribution in [3.8, 4) is 0 Å². The molecule has 130 valence electrons. The van der Waals surface area contributed by atoms with Crippen LogP contribution in [0.15, 0.2) is 39.7 Å². The lowest BCUT2D eigenvalue weighted by Gasteiger charge is -2.27. The van der Waals surface area contributed by atoms with Gasteiger partial charge in [-0.05, 0) is 26.0 Å². The van der Waals surface area contributed by atoms with Crippen LogP contribution in [0.5, 0.6) is 0 Å². The fourth-order valence-corrected chi connectivity index (χ4v) is 2.53. The molecule has 0 aliphatic heterocycles. The second-order valence-corrected chi connectivity index (χ2v) is 6.47. The normalized spacial score (nSPS) is 12.3. The quantitative estimate of drug-likeness (QED) is 0.651. The van der Waals surface area contributed by atoms with Gasteiger partial charge in [-0.2, -0.15) is 0 Å². The number of hydrogen-bond acceptors (Lipinski definition) is 3. The van der Waals surface area contributed by atoms with Crippen LogP contribution >= 0.6 is 0 Å². The Labute approximate surface area is 142 Å². The number of nitrogens with one attached hydrogen (secondary N) is 2. The van der Waals surface area contributed by atoms with Gasteiger partial charge in [0.15, 0.2) is 5.96 Å². The summed E-state index contributed by atoms with van der Waals surface area (Å²) < 4.78 is 5.85. The number of aliphatic imine (C=N–C) groups is 1. The van der Waals surface area contributed by atoms with Crippen molar-refractivity contribution in [2.45, 2.75) is 20.4 Å². The van der Waals surface area contributed by atoms with Crippen molar-refractivity contribution in [3.63, 3.8) is 0 Å². The van der Waals surface area contributed by atoms with Crippen LogP contribution < -0.4 is 10.6 Å². The lowest BCUT2D eigenvalue weighted by molar-refractivity contribution is -0.128. The van der Waals surface area contributed by atoms with Crippen LogP contribution in [0.2, 0.25) is 0 Å². The summed E-state index contributed by atoms with van der Waals surface area (Å²) in [6, 6.07) is 9.97. The Morgan fingerprint density at radius 1 is 1.33 bits per heavy atom. The number of amides is 1. The van der Waals surface area contributed by atoms with E-state index in [1.165, 1.54) is 0 Å². The summed E-state index contributed by atoms with van der Waals surface area (Å²) in [4.78, 5) is 18.1. The molecule has 0 bridgehead atoms. The summed E-state index contributed by atoms with van der Waals surface area (Å²) in [5.74, 6) is 1.57. The number of carbonyl (C=O) groups excluding carboxylic acids is 1. The monoisotopic (exact) mass is 330 g/mol. The number of furan rings is 1. The molecular formula is C18H26N4O2. The fourth-order valence-electron chi connectivity index (χ4n) is 2.53. The third-order valence-electron chi connectivity index (χ3n) is 3.97. The molecule has 1 heterocycles. The average molecular weight is 330 g/mol. The van der Waals surface area contributed by atoms with Crippen molar-refractivity contribution in [1.29, 1.82) is 0 Å². The Morgan fingerprint density at radius 2 is 2.04 bits per heavy atom. The maximum Gasteiger partial charge on any atom is 0.227 e. The molecule has 0 aliphatic carbocycles. The number of guanidine groups is 1. The molecule has 1 amide bonds. The first-order valence-electron chi connectivity index (χ1n) is 7.99. The average Bonchev–Trinajstić information content (AvgIpc) is 2.96. The zero-order valence-corrected chi connectivity index (χ0v) is 15.0. The van der Waals surface area contributed by atoms with Gasteiger partial charge in [-0.3, -0.25) is 9.79 Å². The summed E-state index contributed by atoms with van der Waals surface area (Å²) in [6.45, 7) is 4.87. The van der Waals surface area contributed by atoms with Crippen molar-refractivity contribution in [2.24, 2.45) is 10.4 Å². The van der Waals surface area contributed by atoms with Crippen LogP contribution in [0, 0.1) is 5.41 Å². The largest absolute Gasteiger partial charge is 0.459 e. The number of para-hydroxylation sites is 1. The van der Waals surface area contributed by atoms with E-state index in [2.05, 4.69) is 15.6 Å². The van der Waals surface area contributed by atoms with Crippen molar-refractivity contribution >= 4 is 22.8 Å². The van der Waals surface area contributed by atoms with Crippen LogP contribution in [-0.4, -0.2) is 44.5 Å². The molecule has 2 N–H and O–H groups in total. The standard InChI is InChI=1S/C18H26N4O2/c1-18(2,16(23)19-3)12-21-17(20-4)22(5)11-14-10-13-8-6-7-9-15(13)24-14/h6-10H,11-12H2,1-5H3,(H,19,23)(H,20,21). The van der Waals surface area contributed by atoms with Crippen molar-refractivity contribution < 1.29 is 9.21 Å². The van der Waals surface area contributed by atoms with E-state index in [4.69, 9.17) is 4.42 Å². The van der Waals surface area contributed by atoms with Gasteiger partial charge in [-0.25, -0.2) is 0 Å². The molecule has 0 radical (unpaired) electrons. The van der Waals surface area contributed by atoms with Crippen LogP contribution in [0.25, 0.3) is 11.0 Å². The van der Waals surface area contributed by atoms with Gasteiger partial charge in [0.2, 0.25) is 5.91 Å². The Kier molecular flexibility index (Phi) is 5.49. The first-order chi connectivity index (χ1) is 11.4. The van der Waals surface area contributed by atoms with Gasteiger partial charge in [-0.15, -0.1) is 0 Å². The zero-order chi connectivity index (χ0) is 17.7. The Bertz CT molecular complexity index is 700. The third kappa shape index (κ3) is 4.07. The number of benzene rings is 1. The molecule has 0 saturated heterocycles. The van der Waals surface area contributed by atoms with Crippen molar-refractivity contribution in [2.75, 3.05) is 27.7 Å². The van der Waals surface area contributed by atoms with Crippen LogP contribution in [0.1, 0.15) is 19.6 Å². The minimum Gasteiger partial charge on any atom is -0.459 e. The van der Waals surface area contributed by atoms with E-state index in [-0.39, 0.29) is 5.91 Å². The van der Waals surface area contributed by atoms with E-state index >= 15 is 0 Å². The summed E-state index contributed by atoms with van der Waals surface area (Å²) in [6.07, 6.45) is 0. The van der Waals surface area contributed by atoms with Crippen LogP contribution in [0.4, 0.5) is 0 Å². The number of fused-ring (bicyclic) bond motifs is 1. The highest BCUT2D eigenvalue weighted by Crippen LogP contribution is 2.20. The van der Waals surface area contributed by atoms with E-state index < -0.39 is 5.41 Å². The van der Waals surface area contributed by atoms with Gasteiger partial charge in [0.1, 0.15) is 11.3 Å². The molecule has 0 fully saturated rings. The SMILES string of the molecule is CN=C(NCC(C)(C)C(=O)NC)N(C)Cc1cc2ccccc2o1. The predicted octanol–water partition coefficient (Wildman–Crippen LogP) is 2.21. The van der Waals surface area contributed by atoms with Gasteiger partial charge >= 0.3 is 0 Å². The summed E-state index contributed by atoms with van der Waals surface area (Å²) in [7, 11) is 5.31. The van der Waals surface area contributed by atoms with Crippen molar-refractivity contribution in [3.05, 3.63) is 36.1 Å². The molecule has 2 rings (SSSR count). The third-order valence-corrected chi connectivity index (χ3v) is 3.97. The minimum absolute atomic E-state index is 0.00890. The molecule has 6 heteroatoms. The summed E-state index contributed by atoms with van der Waals surface area (Å²) in [5, 5.41) is 7.02. The van der Waals surface area contributed by atoms with Crippen LogP contribution in [0.3, 0.4) is 0 Å². The number of nitrogens with zero attached hydrogens (tertiary/aromatic N) is 2. The first-order valence-corrected chi connectivity index (χ1v) is 7.99. The van der Waals surface area contributed by atoms with Gasteiger partial charge in [-0.1, -0.05) is 18.2 Å². The molecule has 0 atom stereocenters. The minimum atomic E-state index is -0.523. The Balaban J connectivity index is 2.01. The predicted molar refractivity (Wildman–Crippen MR) is 96.9 cm³/mol. The van der Waals surface area contributed by atoms with E-state index in [1.54, 1.807) is 14.1 Å². The van der Waals surface area contributed by atoms with Gasteiger partial charge in [0, 0.05) is 33.1 Å². The number of hydrogen-bond donors (Lipinski definition) is 2. The molecule has 0 unspecified atom stereocenters. The molecule has 0 spiro atoms. The molecule has 0 aliphatic rings. The zero-order valence-electron chi connectivity index (χ0n) is 15.0. The van der Waals surface area contributed by atoms with Gasteiger partial charge in [0.25, 0.3) is 0 Å². The summed E-state index contributed by atoms with van der Waals surface area (Å²) in [5.41, 5.74) is 0.356. The van der Waals surface area contributed by atoms with E-state index in [0.717, 1.165) is 16.7 Å². The van der Waals surface area contributed by atoms with E-state index in [9.17, 15) is 4.79 Å². The van der Waals surface area contributed by atoms with Gasteiger partial charge in [0.05, 0.1) is 12.0 Å². The highest BCUT2D eigenvalue weighted by atomic mass is 16.3. The lowest BCUT2D eigenvalue weighted by Crippen LogP contribution is -2.47. The molecule has 0 saturated carbocycles. The highest BCUT2D eigenvalue weighted by molar-refractivity contribution is 5.84. The highest BCUT2D eigenvalue weighted by Gasteiger charge is 2.27. The maximum absolute atomic E-state index is 11.9. The fraction of sp³-hybridized carbons (Fsp3) is 0.444. The molecule has 1 aromatic carbocycles. The second kappa shape index (κ2) is 7.38. The molecule has 2 aromatic rings. The maximum atomic E-state index is 11.9. The second-order valence-electron chi connectivity index (χ2n) is 6.47.